The van der Waals surface area contributed by atoms with Crippen LogP contribution in [0.1, 0.15) is 75.1 Å². The van der Waals surface area contributed by atoms with Crippen LogP contribution in [0.5, 0.6) is 0 Å². The number of aryl methyl sites for hydroxylation is 2. The highest BCUT2D eigenvalue weighted by Crippen LogP contribution is 2.29. The van der Waals surface area contributed by atoms with Crippen molar-refractivity contribution >= 4 is 5.78 Å². The van der Waals surface area contributed by atoms with Gasteiger partial charge in [-0.05, 0) is 54.4 Å². The van der Waals surface area contributed by atoms with Crippen molar-refractivity contribution < 1.29 is 4.79 Å². The fourth-order valence-electron chi connectivity index (χ4n) is 3.45. The normalized spacial score (nSPS) is 17.0. The second-order valence-corrected chi connectivity index (χ2v) is 7.82. The summed E-state index contributed by atoms with van der Waals surface area (Å²) in [6, 6.07) is 4.55. The van der Waals surface area contributed by atoms with Crippen LogP contribution in [0.25, 0.3) is 0 Å². The van der Waals surface area contributed by atoms with Crippen LogP contribution in [0.3, 0.4) is 0 Å². The van der Waals surface area contributed by atoms with E-state index in [0.29, 0.717) is 18.1 Å². The Morgan fingerprint density at radius 3 is 2.05 bits per heavy atom. The summed E-state index contributed by atoms with van der Waals surface area (Å²) in [6.45, 7) is 11.0. The number of Topliss-reactive ketones (excluding diaryl/α,β-unsaturated/α-hetero) is 1. The molecule has 21 heavy (non-hydrogen) atoms. The molecule has 0 aromatic heterocycles. The predicted octanol–water partition coefficient (Wildman–Crippen LogP) is 5.29. The first-order valence-electron chi connectivity index (χ1n) is 8.42. The maximum Gasteiger partial charge on any atom is 0.140 e. The first-order valence-corrected chi connectivity index (χ1v) is 8.42. The Kier molecular flexibility index (Phi) is 4.91. The summed E-state index contributed by atoms with van der Waals surface area (Å²) in [5.41, 5.74) is 5.36. The topological polar surface area (TPSA) is 17.1 Å². The van der Waals surface area contributed by atoms with Gasteiger partial charge in [0, 0.05) is 12.3 Å². The molecule has 1 saturated carbocycles. The number of hydrogen-bond donors (Lipinski definition) is 0. The van der Waals surface area contributed by atoms with E-state index in [4.69, 9.17) is 0 Å². The summed E-state index contributed by atoms with van der Waals surface area (Å²) < 4.78 is 0. The molecule has 0 N–H and O–H groups in total. The van der Waals surface area contributed by atoms with Crippen molar-refractivity contribution in [1.82, 2.24) is 0 Å². The zero-order valence-electron chi connectivity index (χ0n) is 14.4. The van der Waals surface area contributed by atoms with Crippen LogP contribution >= 0.6 is 0 Å². The van der Waals surface area contributed by atoms with Crippen LogP contribution in [-0.4, -0.2) is 5.78 Å². The maximum atomic E-state index is 12.6. The van der Waals surface area contributed by atoms with E-state index in [2.05, 4.69) is 46.8 Å². The number of hydrogen-bond acceptors (Lipinski definition) is 1. The van der Waals surface area contributed by atoms with Crippen LogP contribution in [0.2, 0.25) is 0 Å². The van der Waals surface area contributed by atoms with Gasteiger partial charge in [-0.25, -0.2) is 0 Å². The highest BCUT2D eigenvalue weighted by molar-refractivity contribution is 5.84. The molecule has 0 bridgehead atoms. The van der Waals surface area contributed by atoms with Gasteiger partial charge in [-0.1, -0.05) is 52.2 Å². The minimum Gasteiger partial charge on any atom is -0.299 e. The van der Waals surface area contributed by atoms with Gasteiger partial charge in [-0.3, -0.25) is 4.79 Å². The average Bonchev–Trinajstić information content (AvgIpc) is 2.42. The largest absolute Gasteiger partial charge is 0.299 e. The molecule has 1 aliphatic carbocycles. The molecule has 0 heterocycles. The fourth-order valence-corrected chi connectivity index (χ4v) is 3.45. The van der Waals surface area contributed by atoms with Crippen molar-refractivity contribution in [2.45, 2.75) is 78.6 Å². The minimum atomic E-state index is 0.168. The van der Waals surface area contributed by atoms with Gasteiger partial charge in [-0.15, -0.1) is 0 Å². The van der Waals surface area contributed by atoms with Gasteiger partial charge < -0.3 is 0 Å². The molecule has 0 saturated heterocycles. The lowest BCUT2D eigenvalue weighted by atomic mass is 9.80. The summed E-state index contributed by atoms with van der Waals surface area (Å²) >= 11 is 0. The monoisotopic (exact) mass is 286 g/mol. The molecule has 0 radical (unpaired) electrons. The zero-order valence-corrected chi connectivity index (χ0v) is 14.4. The predicted molar refractivity (Wildman–Crippen MR) is 89.9 cm³/mol. The first kappa shape index (κ1) is 16.3. The first-order chi connectivity index (χ1) is 9.79. The van der Waals surface area contributed by atoms with E-state index >= 15 is 0 Å². The third-order valence-electron chi connectivity index (χ3n) is 4.97. The molecule has 0 amide bonds. The molecule has 1 aromatic carbocycles. The van der Waals surface area contributed by atoms with Crippen molar-refractivity contribution in [1.29, 1.82) is 0 Å². The van der Waals surface area contributed by atoms with E-state index in [1.807, 2.05) is 0 Å². The molecule has 1 fully saturated rings. The van der Waals surface area contributed by atoms with E-state index in [9.17, 15) is 4.79 Å². The SMILES string of the molecule is Cc1cc(C(C)(C)C)cc(C)c1CC(=O)C1CCCCC1. The van der Waals surface area contributed by atoms with Gasteiger partial charge >= 0.3 is 0 Å². The van der Waals surface area contributed by atoms with Gasteiger partial charge in [0.05, 0.1) is 0 Å². The van der Waals surface area contributed by atoms with Gasteiger partial charge in [0.2, 0.25) is 0 Å². The van der Waals surface area contributed by atoms with Crippen molar-refractivity contribution in [3.63, 3.8) is 0 Å². The standard InChI is InChI=1S/C20H30O/c1-14-11-17(20(3,4)5)12-15(2)18(14)13-19(21)16-9-7-6-8-10-16/h11-12,16H,6-10,13H2,1-5H3. The molecule has 1 aromatic rings. The van der Waals surface area contributed by atoms with Crippen molar-refractivity contribution in [2.75, 3.05) is 0 Å². The third kappa shape index (κ3) is 3.96. The van der Waals surface area contributed by atoms with Gasteiger partial charge in [0.1, 0.15) is 5.78 Å². The van der Waals surface area contributed by atoms with Crippen LogP contribution in [0.4, 0.5) is 0 Å². The molecule has 0 aliphatic heterocycles. The Hall–Kier alpha value is -1.11. The Morgan fingerprint density at radius 2 is 1.57 bits per heavy atom. The van der Waals surface area contributed by atoms with Gasteiger partial charge in [-0.2, -0.15) is 0 Å². The maximum absolute atomic E-state index is 12.6. The lowest BCUT2D eigenvalue weighted by Gasteiger charge is -2.24. The molecule has 0 spiro atoms. The lowest BCUT2D eigenvalue weighted by Crippen LogP contribution is -2.21. The van der Waals surface area contributed by atoms with E-state index in [1.165, 1.54) is 41.5 Å². The summed E-state index contributed by atoms with van der Waals surface area (Å²) in [7, 11) is 0. The lowest BCUT2D eigenvalue weighted by molar-refractivity contribution is -0.123. The molecule has 0 unspecified atom stereocenters. The smallest absolute Gasteiger partial charge is 0.140 e. The summed E-state index contributed by atoms with van der Waals surface area (Å²) in [5, 5.41) is 0. The second-order valence-electron chi connectivity index (χ2n) is 7.82. The van der Waals surface area contributed by atoms with Gasteiger partial charge in [0.25, 0.3) is 0 Å². The Bertz CT molecular complexity index is 490. The Morgan fingerprint density at radius 1 is 1.05 bits per heavy atom. The molecule has 0 atom stereocenters. The van der Waals surface area contributed by atoms with E-state index in [1.54, 1.807) is 0 Å². The van der Waals surface area contributed by atoms with E-state index < -0.39 is 0 Å². The van der Waals surface area contributed by atoms with Crippen LogP contribution < -0.4 is 0 Å². The molecule has 116 valence electrons. The van der Waals surface area contributed by atoms with Crippen LogP contribution in [0, 0.1) is 19.8 Å². The number of rotatable bonds is 3. The molecular formula is C20H30O. The molecule has 2 rings (SSSR count). The van der Waals surface area contributed by atoms with Gasteiger partial charge in [0.15, 0.2) is 0 Å². The molecule has 1 heteroatoms. The highest BCUT2D eigenvalue weighted by Gasteiger charge is 2.23. The summed E-state index contributed by atoms with van der Waals surface area (Å²) in [5.74, 6) is 0.782. The molecule has 1 nitrogen and oxygen atoms in total. The highest BCUT2D eigenvalue weighted by atomic mass is 16.1. The molecule has 1 aliphatic rings. The summed E-state index contributed by atoms with van der Waals surface area (Å²) in [4.78, 5) is 12.6. The third-order valence-corrected chi connectivity index (χ3v) is 4.97. The average molecular weight is 286 g/mol. The quantitative estimate of drug-likeness (QED) is 0.737. The van der Waals surface area contributed by atoms with E-state index in [0.717, 1.165) is 12.8 Å². The molecular weight excluding hydrogens is 256 g/mol. The Balaban J connectivity index is 2.18. The van der Waals surface area contributed by atoms with Crippen LogP contribution in [-0.2, 0) is 16.6 Å². The fraction of sp³-hybridized carbons (Fsp3) is 0.650. The number of ketones is 1. The van der Waals surface area contributed by atoms with Crippen molar-refractivity contribution in [3.8, 4) is 0 Å². The second kappa shape index (κ2) is 6.34. The minimum absolute atomic E-state index is 0.168. The Labute approximate surface area is 130 Å². The number of carbonyl (C=O) groups is 1. The van der Waals surface area contributed by atoms with Crippen LogP contribution in [0.15, 0.2) is 12.1 Å². The van der Waals surface area contributed by atoms with E-state index in [-0.39, 0.29) is 5.41 Å². The number of carbonyl (C=O) groups excluding carboxylic acids is 1. The van der Waals surface area contributed by atoms with Crippen molar-refractivity contribution in [2.24, 2.45) is 5.92 Å². The summed E-state index contributed by atoms with van der Waals surface area (Å²) in [6.07, 6.45) is 6.62. The zero-order chi connectivity index (χ0) is 15.6. The number of benzene rings is 1. The van der Waals surface area contributed by atoms with Crippen molar-refractivity contribution in [3.05, 3.63) is 34.4 Å².